The number of rotatable bonds is 14. The number of piperidine rings is 1. The minimum absolute atomic E-state index is 0.0104. The number of aryl methyl sites for hydroxylation is 2. The van der Waals surface area contributed by atoms with Crippen molar-refractivity contribution in [3.63, 3.8) is 0 Å². The Morgan fingerprint density at radius 2 is 1.81 bits per heavy atom. The monoisotopic (exact) mass is 570 g/mol. The third-order valence-electron chi connectivity index (χ3n) is 8.17. The predicted octanol–water partition coefficient (Wildman–Crippen LogP) is 6.98. The molecule has 42 heavy (non-hydrogen) atoms. The number of ketones is 2. The van der Waals surface area contributed by atoms with Crippen molar-refractivity contribution in [3.05, 3.63) is 87.6 Å². The van der Waals surface area contributed by atoms with Crippen molar-refractivity contribution in [1.29, 1.82) is 0 Å². The van der Waals surface area contributed by atoms with Crippen LogP contribution in [0.5, 0.6) is 11.5 Å². The molecule has 0 spiro atoms. The van der Waals surface area contributed by atoms with Crippen molar-refractivity contribution in [1.82, 2.24) is 10.6 Å². The van der Waals surface area contributed by atoms with E-state index in [4.69, 9.17) is 4.74 Å². The van der Waals surface area contributed by atoms with Crippen molar-refractivity contribution in [2.75, 3.05) is 13.7 Å². The molecule has 6 heteroatoms. The first-order valence-electron chi connectivity index (χ1n) is 15.4. The number of carbonyl (C=O) groups excluding carboxylic acids is 2. The van der Waals surface area contributed by atoms with Gasteiger partial charge in [0.2, 0.25) is 0 Å². The van der Waals surface area contributed by atoms with Gasteiger partial charge < -0.3 is 15.2 Å². The molecule has 0 saturated carbocycles. The van der Waals surface area contributed by atoms with Crippen LogP contribution in [0.2, 0.25) is 0 Å². The number of carbonyl (C=O) groups is 2. The zero-order valence-electron chi connectivity index (χ0n) is 25.6. The number of benzene rings is 2. The lowest BCUT2D eigenvalue weighted by Gasteiger charge is -2.37. The van der Waals surface area contributed by atoms with Crippen LogP contribution in [0.3, 0.4) is 0 Å². The van der Waals surface area contributed by atoms with E-state index in [1.165, 1.54) is 41.9 Å². The molecule has 224 valence electrons. The second kappa shape index (κ2) is 15.0. The van der Waals surface area contributed by atoms with E-state index in [0.29, 0.717) is 24.5 Å². The van der Waals surface area contributed by atoms with E-state index < -0.39 is 0 Å². The van der Waals surface area contributed by atoms with Gasteiger partial charge in [0.05, 0.1) is 19.7 Å². The minimum Gasteiger partial charge on any atom is -0.504 e. The molecule has 2 aromatic carbocycles. The summed E-state index contributed by atoms with van der Waals surface area (Å²) in [4.78, 5) is 25.0. The summed E-state index contributed by atoms with van der Waals surface area (Å²) < 4.78 is 5.36. The lowest BCUT2D eigenvalue weighted by atomic mass is 9.80. The number of dihydropyridines is 1. The van der Waals surface area contributed by atoms with Gasteiger partial charge in [-0.25, -0.2) is 0 Å². The summed E-state index contributed by atoms with van der Waals surface area (Å²) in [5.41, 5.74) is 7.92. The molecule has 3 N–H and O–H groups in total. The van der Waals surface area contributed by atoms with E-state index >= 15 is 0 Å². The number of hydrogen-bond acceptors (Lipinski definition) is 6. The second-order valence-corrected chi connectivity index (χ2v) is 11.8. The fraction of sp³-hybridized carbons (Fsp3) is 0.444. The number of hydrogen-bond donors (Lipinski definition) is 3. The Labute approximate surface area is 250 Å². The van der Waals surface area contributed by atoms with Crippen LogP contribution in [0.4, 0.5) is 0 Å². The van der Waals surface area contributed by atoms with Crippen LogP contribution in [-0.4, -0.2) is 36.5 Å². The van der Waals surface area contributed by atoms with Gasteiger partial charge in [-0.15, -0.1) is 0 Å². The molecule has 6 nitrogen and oxygen atoms in total. The molecule has 2 heterocycles. The van der Waals surface area contributed by atoms with Gasteiger partial charge in [0.25, 0.3) is 0 Å². The SMILES string of the molecule is CCCCCCCC(=O)CC(=O)C=Cc1cc(OC)c(O)cc1CC1=CNC2NCCC(c3cc(C)cc(C)c3)C2=C1. The summed E-state index contributed by atoms with van der Waals surface area (Å²) >= 11 is 0. The Balaban J connectivity index is 1.50. The topological polar surface area (TPSA) is 87.7 Å². The standard InChI is InChI=1S/C36H46N2O4/c1-5-6-7-8-9-10-30(39)22-31(40)12-11-27-21-35(42-4)34(41)20-28(27)18-26-19-33-32(13-14-37-36(33)38-23-26)29-16-24(2)15-25(3)17-29/h11-12,15-17,19-21,23,32,36-38,41H,5-10,13-14,18,22H2,1-4H3. The summed E-state index contributed by atoms with van der Waals surface area (Å²) in [6.07, 6.45) is 14.9. The Morgan fingerprint density at radius 1 is 1.05 bits per heavy atom. The highest BCUT2D eigenvalue weighted by Crippen LogP contribution is 2.37. The van der Waals surface area contributed by atoms with Crippen LogP contribution in [0, 0.1) is 13.8 Å². The average molecular weight is 571 g/mol. The van der Waals surface area contributed by atoms with E-state index in [0.717, 1.165) is 55.3 Å². The molecule has 0 amide bonds. The molecular weight excluding hydrogens is 524 g/mol. The molecule has 1 saturated heterocycles. The molecule has 0 aromatic heterocycles. The molecule has 0 bridgehead atoms. The highest BCUT2D eigenvalue weighted by atomic mass is 16.5. The van der Waals surface area contributed by atoms with E-state index in [1.807, 2.05) is 6.20 Å². The van der Waals surface area contributed by atoms with E-state index in [9.17, 15) is 14.7 Å². The van der Waals surface area contributed by atoms with Crippen LogP contribution in [-0.2, 0) is 16.0 Å². The number of Topliss-reactive ketones (excluding diaryl/α,β-unsaturated/α-hetero) is 1. The van der Waals surface area contributed by atoms with Gasteiger partial charge in [-0.2, -0.15) is 0 Å². The number of phenolic OH excluding ortho intramolecular Hbond substituents is 1. The Morgan fingerprint density at radius 3 is 2.55 bits per heavy atom. The molecule has 2 aromatic rings. The number of allylic oxidation sites excluding steroid dienone is 3. The minimum atomic E-state index is -0.209. The Kier molecular flexibility index (Phi) is 11.2. The van der Waals surface area contributed by atoms with Gasteiger partial charge in [0.1, 0.15) is 5.78 Å². The number of phenols is 1. The molecule has 0 radical (unpaired) electrons. The van der Waals surface area contributed by atoms with Gasteiger partial charge in [-0.3, -0.25) is 14.9 Å². The molecule has 2 atom stereocenters. The van der Waals surface area contributed by atoms with Gasteiger partial charge in [-0.1, -0.05) is 74.1 Å². The number of fused-ring (bicyclic) bond motifs is 1. The van der Waals surface area contributed by atoms with Crippen molar-refractivity contribution < 1.29 is 19.4 Å². The van der Waals surface area contributed by atoms with E-state index in [2.05, 4.69) is 55.7 Å². The van der Waals surface area contributed by atoms with Crippen LogP contribution in [0.1, 0.15) is 92.0 Å². The van der Waals surface area contributed by atoms with Crippen molar-refractivity contribution >= 4 is 17.6 Å². The summed E-state index contributed by atoms with van der Waals surface area (Å²) in [5.74, 6) is 0.492. The van der Waals surface area contributed by atoms with E-state index in [-0.39, 0.29) is 29.9 Å². The number of aromatic hydroxyl groups is 1. The van der Waals surface area contributed by atoms with Crippen molar-refractivity contribution in [2.24, 2.45) is 0 Å². The van der Waals surface area contributed by atoms with Crippen LogP contribution < -0.4 is 15.4 Å². The Bertz CT molecular complexity index is 1350. The molecular formula is C36H46N2O4. The number of nitrogens with one attached hydrogen (secondary N) is 2. The van der Waals surface area contributed by atoms with Crippen molar-refractivity contribution in [2.45, 2.75) is 90.6 Å². The smallest absolute Gasteiger partial charge is 0.163 e. The molecule has 2 aliphatic heterocycles. The van der Waals surface area contributed by atoms with Crippen LogP contribution in [0.15, 0.2) is 59.8 Å². The number of ether oxygens (including phenoxy) is 1. The maximum Gasteiger partial charge on any atom is 0.163 e. The first-order chi connectivity index (χ1) is 20.3. The average Bonchev–Trinajstić information content (AvgIpc) is 2.95. The van der Waals surface area contributed by atoms with Gasteiger partial charge >= 0.3 is 0 Å². The normalized spacial score (nSPS) is 18.2. The van der Waals surface area contributed by atoms with Crippen molar-refractivity contribution in [3.8, 4) is 11.5 Å². The first-order valence-corrected chi connectivity index (χ1v) is 15.4. The Hall–Kier alpha value is -3.64. The summed E-state index contributed by atoms with van der Waals surface area (Å²) in [6, 6.07) is 10.2. The highest BCUT2D eigenvalue weighted by molar-refractivity contribution is 6.06. The lowest BCUT2D eigenvalue weighted by Crippen LogP contribution is -2.48. The fourth-order valence-electron chi connectivity index (χ4n) is 6.08. The summed E-state index contributed by atoms with van der Waals surface area (Å²) in [6.45, 7) is 7.40. The first kappa shape index (κ1) is 31.3. The quantitative estimate of drug-likeness (QED) is 0.129. The number of methoxy groups -OCH3 is 1. The maximum atomic E-state index is 12.6. The number of unbranched alkanes of at least 4 members (excludes halogenated alkanes) is 4. The third kappa shape index (κ3) is 8.45. The zero-order chi connectivity index (χ0) is 30.1. The van der Waals surface area contributed by atoms with E-state index in [1.54, 1.807) is 18.2 Å². The molecule has 2 aliphatic rings. The summed E-state index contributed by atoms with van der Waals surface area (Å²) in [7, 11) is 1.51. The van der Waals surface area contributed by atoms with Crippen LogP contribution in [0.25, 0.3) is 6.08 Å². The van der Waals surface area contributed by atoms with Crippen LogP contribution >= 0.6 is 0 Å². The van der Waals surface area contributed by atoms with Gasteiger partial charge in [0.15, 0.2) is 17.3 Å². The molecule has 1 fully saturated rings. The third-order valence-corrected chi connectivity index (χ3v) is 8.17. The second-order valence-electron chi connectivity index (χ2n) is 11.8. The highest BCUT2D eigenvalue weighted by Gasteiger charge is 2.30. The lowest BCUT2D eigenvalue weighted by molar-refractivity contribution is -0.124. The molecule has 2 unspecified atom stereocenters. The fourth-order valence-corrected chi connectivity index (χ4v) is 6.08. The van der Waals surface area contributed by atoms with Gasteiger partial charge in [-0.05, 0) is 85.7 Å². The van der Waals surface area contributed by atoms with Gasteiger partial charge in [0, 0.05) is 18.5 Å². The molecule has 4 rings (SSSR count). The maximum absolute atomic E-state index is 12.6. The predicted molar refractivity (Wildman–Crippen MR) is 170 cm³/mol. The largest absolute Gasteiger partial charge is 0.504 e. The zero-order valence-corrected chi connectivity index (χ0v) is 25.6. The molecule has 0 aliphatic carbocycles. The summed E-state index contributed by atoms with van der Waals surface area (Å²) in [5, 5.41) is 17.7.